The lowest BCUT2D eigenvalue weighted by atomic mass is 10.3. The molecule has 0 unspecified atom stereocenters. The van der Waals surface area contributed by atoms with Gasteiger partial charge in [0.15, 0.2) is 0 Å². The number of rotatable bonds is 4. The van der Waals surface area contributed by atoms with Crippen molar-refractivity contribution in [1.82, 2.24) is 0 Å². The molecule has 0 spiro atoms. The summed E-state index contributed by atoms with van der Waals surface area (Å²) in [6, 6.07) is 7.90. The molecule has 0 saturated carbocycles. The van der Waals surface area contributed by atoms with E-state index >= 15 is 0 Å². The number of carbonyl (C=O) groups excluding carboxylic acids is 1. The second-order valence-electron chi connectivity index (χ2n) is 3.39. The Labute approximate surface area is 113 Å². The van der Waals surface area contributed by atoms with Gasteiger partial charge in [0.1, 0.15) is 0 Å². The van der Waals surface area contributed by atoms with Gasteiger partial charge in [-0.25, -0.2) is 8.42 Å². The number of thiophene rings is 1. The Morgan fingerprint density at radius 1 is 1.17 bits per heavy atom. The largest absolute Gasteiger partial charge is 0.278 e. The molecule has 0 aliphatic carbocycles. The molecule has 0 bridgehead atoms. The van der Waals surface area contributed by atoms with Gasteiger partial charge < -0.3 is 0 Å². The molecule has 0 aliphatic heterocycles. The Bertz CT molecular complexity index is 665. The van der Waals surface area contributed by atoms with Crippen molar-refractivity contribution in [3.05, 3.63) is 46.7 Å². The summed E-state index contributed by atoms with van der Waals surface area (Å²) in [5, 5.41) is 2.33. The molecule has 0 amide bonds. The van der Waals surface area contributed by atoms with Gasteiger partial charge in [-0.15, -0.1) is 11.3 Å². The molecule has 94 valence electrons. The molecule has 0 atom stereocenters. The molecular formula is C11H8ClNO3S2. The maximum Gasteiger partial charge on any atom is 0.261 e. The number of nitrogens with one attached hydrogen (secondary N) is 1. The summed E-state index contributed by atoms with van der Waals surface area (Å²) in [6.07, 6.45) is 0. The van der Waals surface area contributed by atoms with Gasteiger partial charge in [0, 0.05) is 10.8 Å². The molecule has 1 N–H and O–H groups in total. The van der Waals surface area contributed by atoms with Crippen LogP contribution in [0, 0.1) is 0 Å². The van der Waals surface area contributed by atoms with E-state index in [1.165, 1.54) is 34.2 Å². The number of carbonyl (C=O) groups is 1. The van der Waals surface area contributed by atoms with Gasteiger partial charge in [-0.3, -0.25) is 9.52 Å². The van der Waals surface area contributed by atoms with E-state index in [-0.39, 0.29) is 16.1 Å². The fourth-order valence-corrected chi connectivity index (χ4v) is 3.48. The van der Waals surface area contributed by atoms with E-state index < -0.39 is 15.3 Å². The molecule has 2 aromatic rings. The van der Waals surface area contributed by atoms with Gasteiger partial charge >= 0.3 is 0 Å². The lowest BCUT2D eigenvalue weighted by Gasteiger charge is -2.07. The lowest BCUT2D eigenvalue weighted by Crippen LogP contribution is -2.13. The van der Waals surface area contributed by atoms with E-state index in [1.54, 1.807) is 18.2 Å². The summed E-state index contributed by atoms with van der Waals surface area (Å²) in [5.41, 5.74) is 0.352. The Morgan fingerprint density at radius 2 is 1.83 bits per heavy atom. The second-order valence-corrected chi connectivity index (χ2v) is 6.16. The SMILES string of the molecule is O=C(Cl)c1cscc1NS(=O)(=O)c1ccccc1. The van der Waals surface area contributed by atoms with Gasteiger partial charge in [0.2, 0.25) is 0 Å². The predicted molar refractivity (Wildman–Crippen MR) is 71.8 cm³/mol. The highest BCUT2D eigenvalue weighted by atomic mass is 35.5. The van der Waals surface area contributed by atoms with Crippen LogP contribution in [0.4, 0.5) is 5.69 Å². The first-order valence-electron chi connectivity index (χ1n) is 4.84. The van der Waals surface area contributed by atoms with Crippen molar-refractivity contribution in [2.24, 2.45) is 0 Å². The smallest absolute Gasteiger partial charge is 0.261 e. The number of sulfonamides is 1. The zero-order valence-electron chi connectivity index (χ0n) is 8.96. The number of anilines is 1. The highest BCUT2D eigenvalue weighted by molar-refractivity contribution is 7.92. The van der Waals surface area contributed by atoms with E-state index in [0.29, 0.717) is 0 Å². The Hall–Kier alpha value is -1.37. The van der Waals surface area contributed by atoms with E-state index in [4.69, 9.17) is 11.6 Å². The van der Waals surface area contributed by atoms with Gasteiger partial charge in [0.05, 0.1) is 16.1 Å². The van der Waals surface area contributed by atoms with Crippen LogP contribution in [0.5, 0.6) is 0 Å². The van der Waals surface area contributed by atoms with Gasteiger partial charge in [-0.2, -0.15) is 0 Å². The quantitative estimate of drug-likeness (QED) is 0.883. The summed E-state index contributed by atoms with van der Waals surface area (Å²) < 4.78 is 26.4. The summed E-state index contributed by atoms with van der Waals surface area (Å²) in [6.45, 7) is 0. The predicted octanol–water partition coefficient (Wildman–Crippen LogP) is 2.93. The lowest BCUT2D eigenvalue weighted by molar-refractivity contribution is 0.108. The minimum Gasteiger partial charge on any atom is -0.278 e. The molecule has 1 aromatic heterocycles. The van der Waals surface area contributed by atoms with E-state index in [0.717, 1.165) is 0 Å². The van der Waals surface area contributed by atoms with Gasteiger partial charge in [-0.05, 0) is 23.7 Å². The Kier molecular flexibility index (Phi) is 3.70. The molecule has 18 heavy (non-hydrogen) atoms. The van der Waals surface area contributed by atoms with Crippen LogP contribution >= 0.6 is 22.9 Å². The summed E-state index contributed by atoms with van der Waals surface area (Å²) in [7, 11) is -3.69. The summed E-state index contributed by atoms with van der Waals surface area (Å²) in [5.74, 6) is 0. The number of benzene rings is 1. The standard InChI is InChI=1S/C11H8ClNO3S2/c12-11(14)9-6-17-7-10(9)13-18(15,16)8-4-2-1-3-5-8/h1-7,13H. The molecule has 1 heterocycles. The monoisotopic (exact) mass is 301 g/mol. The number of hydrogen-bond acceptors (Lipinski definition) is 4. The van der Waals surface area contributed by atoms with Gasteiger partial charge in [-0.1, -0.05) is 18.2 Å². The molecule has 0 radical (unpaired) electrons. The highest BCUT2D eigenvalue weighted by Gasteiger charge is 2.18. The van der Waals surface area contributed by atoms with Crippen LogP contribution in [-0.4, -0.2) is 13.7 Å². The molecule has 0 saturated heterocycles. The zero-order valence-corrected chi connectivity index (χ0v) is 11.3. The second kappa shape index (κ2) is 5.09. The number of hydrogen-bond donors (Lipinski definition) is 1. The molecule has 4 nitrogen and oxygen atoms in total. The molecular weight excluding hydrogens is 294 g/mol. The third-order valence-corrected chi connectivity index (χ3v) is 4.50. The third kappa shape index (κ3) is 2.72. The average Bonchev–Trinajstić information content (AvgIpc) is 2.78. The highest BCUT2D eigenvalue weighted by Crippen LogP contribution is 2.25. The van der Waals surface area contributed by atoms with Crippen molar-refractivity contribution >= 4 is 43.9 Å². The summed E-state index contributed by atoms with van der Waals surface area (Å²) >= 11 is 6.56. The van der Waals surface area contributed by atoms with Crippen molar-refractivity contribution < 1.29 is 13.2 Å². The Morgan fingerprint density at radius 3 is 2.44 bits per heavy atom. The minimum absolute atomic E-state index is 0.129. The van der Waals surface area contributed by atoms with E-state index in [2.05, 4.69) is 4.72 Å². The van der Waals surface area contributed by atoms with Gasteiger partial charge in [0.25, 0.3) is 15.3 Å². The topological polar surface area (TPSA) is 63.2 Å². The van der Waals surface area contributed by atoms with Crippen molar-refractivity contribution in [1.29, 1.82) is 0 Å². The van der Waals surface area contributed by atoms with Crippen molar-refractivity contribution in [3.8, 4) is 0 Å². The molecule has 0 aliphatic rings. The van der Waals surface area contributed by atoms with Crippen LogP contribution in [0.1, 0.15) is 10.4 Å². The zero-order chi connectivity index (χ0) is 13.2. The minimum atomic E-state index is -3.69. The van der Waals surface area contributed by atoms with Crippen LogP contribution in [0.15, 0.2) is 46.0 Å². The van der Waals surface area contributed by atoms with Crippen LogP contribution in [0.2, 0.25) is 0 Å². The van der Waals surface area contributed by atoms with Crippen LogP contribution in [0.25, 0.3) is 0 Å². The molecule has 2 rings (SSSR count). The first-order valence-corrected chi connectivity index (χ1v) is 7.65. The molecule has 1 aromatic carbocycles. The summed E-state index contributed by atoms with van der Waals surface area (Å²) in [4.78, 5) is 11.2. The van der Waals surface area contributed by atoms with Crippen LogP contribution in [0.3, 0.4) is 0 Å². The Balaban J connectivity index is 2.34. The maximum atomic E-state index is 12.0. The first-order chi connectivity index (χ1) is 8.50. The van der Waals surface area contributed by atoms with Crippen LogP contribution < -0.4 is 4.72 Å². The fourth-order valence-electron chi connectivity index (χ4n) is 1.33. The van der Waals surface area contributed by atoms with Crippen molar-refractivity contribution in [2.75, 3.05) is 4.72 Å². The van der Waals surface area contributed by atoms with Crippen LogP contribution in [-0.2, 0) is 10.0 Å². The average molecular weight is 302 g/mol. The van der Waals surface area contributed by atoms with E-state index in [1.807, 2.05) is 0 Å². The third-order valence-electron chi connectivity index (χ3n) is 2.17. The van der Waals surface area contributed by atoms with E-state index in [9.17, 15) is 13.2 Å². The fraction of sp³-hybridized carbons (Fsp3) is 0. The van der Waals surface area contributed by atoms with Crippen molar-refractivity contribution in [2.45, 2.75) is 4.90 Å². The normalized spacial score (nSPS) is 11.2. The molecule has 0 fully saturated rings. The first kappa shape index (κ1) is 13.1. The number of halogens is 1. The molecule has 7 heteroatoms. The van der Waals surface area contributed by atoms with Crippen molar-refractivity contribution in [3.63, 3.8) is 0 Å². The maximum absolute atomic E-state index is 12.0.